The third kappa shape index (κ3) is 2.77. The van der Waals surface area contributed by atoms with Gasteiger partial charge in [-0.05, 0) is 29.3 Å². The molecule has 3 aromatic heterocycles. The van der Waals surface area contributed by atoms with E-state index in [0.717, 1.165) is 16.6 Å². The quantitative estimate of drug-likeness (QED) is 0.758. The Labute approximate surface area is 122 Å². The van der Waals surface area contributed by atoms with Crippen LogP contribution in [0, 0.1) is 6.92 Å². The van der Waals surface area contributed by atoms with Gasteiger partial charge in [0, 0.05) is 12.8 Å². The van der Waals surface area contributed by atoms with Gasteiger partial charge in [0.05, 0.1) is 11.8 Å². The van der Waals surface area contributed by atoms with Crippen LogP contribution in [-0.2, 0) is 12.8 Å². The summed E-state index contributed by atoms with van der Waals surface area (Å²) >= 11 is 3.33. The van der Waals surface area contributed by atoms with Crippen LogP contribution < -0.4 is 0 Å². The maximum atomic E-state index is 5.20. The fraction of sp³-hybridized carbons (Fsp3) is 0.364. The molecule has 0 saturated carbocycles. The molecular formula is C11H11BrN6O2. The number of nitrogens with zero attached hydrogens (tertiary/aromatic N) is 5. The van der Waals surface area contributed by atoms with Gasteiger partial charge < -0.3 is 9.05 Å². The molecule has 8 nitrogen and oxygen atoms in total. The summed E-state index contributed by atoms with van der Waals surface area (Å²) in [4.78, 5) is 8.45. The van der Waals surface area contributed by atoms with E-state index in [9.17, 15) is 0 Å². The average molecular weight is 339 g/mol. The van der Waals surface area contributed by atoms with E-state index < -0.39 is 0 Å². The fourth-order valence-electron chi connectivity index (χ4n) is 1.72. The SMILES string of the molecule is Cc1noc(CCCc2nc(-c3cn[nH]c3Br)no2)n1. The maximum absolute atomic E-state index is 5.20. The van der Waals surface area contributed by atoms with Crippen molar-refractivity contribution < 1.29 is 9.05 Å². The van der Waals surface area contributed by atoms with Crippen LogP contribution in [0.15, 0.2) is 19.8 Å². The van der Waals surface area contributed by atoms with E-state index in [1.807, 2.05) is 0 Å². The number of rotatable bonds is 5. The number of aromatic nitrogens is 6. The lowest BCUT2D eigenvalue weighted by atomic mass is 10.2. The molecule has 104 valence electrons. The molecule has 0 aliphatic carbocycles. The molecule has 0 fully saturated rings. The van der Waals surface area contributed by atoms with Crippen molar-refractivity contribution in [3.63, 3.8) is 0 Å². The third-order valence-corrected chi connectivity index (χ3v) is 3.26. The molecule has 0 amide bonds. The Hall–Kier alpha value is -2.03. The Morgan fingerprint density at radius 2 is 1.90 bits per heavy atom. The molecule has 0 aliphatic heterocycles. The van der Waals surface area contributed by atoms with E-state index in [1.54, 1.807) is 13.1 Å². The lowest BCUT2D eigenvalue weighted by Crippen LogP contribution is -1.91. The lowest BCUT2D eigenvalue weighted by molar-refractivity contribution is 0.358. The summed E-state index contributed by atoms with van der Waals surface area (Å²) in [6, 6.07) is 0. The van der Waals surface area contributed by atoms with E-state index in [1.165, 1.54) is 0 Å². The van der Waals surface area contributed by atoms with Crippen molar-refractivity contribution in [1.29, 1.82) is 0 Å². The predicted molar refractivity (Wildman–Crippen MR) is 70.6 cm³/mol. The highest BCUT2D eigenvalue weighted by atomic mass is 79.9. The highest BCUT2D eigenvalue weighted by Gasteiger charge is 2.13. The van der Waals surface area contributed by atoms with Crippen molar-refractivity contribution in [3.05, 3.63) is 28.4 Å². The van der Waals surface area contributed by atoms with Crippen LogP contribution in [0.1, 0.15) is 24.0 Å². The van der Waals surface area contributed by atoms with Crippen LogP contribution in [0.5, 0.6) is 0 Å². The van der Waals surface area contributed by atoms with Gasteiger partial charge in [0.2, 0.25) is 17.6 Å². The van der Waals surface area contributed by atoms with Crippen LogP contribution in [0.4, 0.5) is 0 Å². The second kappa shape index (κ2) is 5.53. The van der Waals surface area contributed by atoms with Crippen molar-refractivity contribution >= 4 is 15.9 Å². The van der Waals surface area contributed by atoms with Gasteiger partial charge in [-0.25, -0.2) is 0 Å². The Morgan fingerprint density at radius 3 is 2.55 bits per heavy atom. The maximum Gasteiger partial charge on any atom is 0.226 e. The number of aromatic amines is 1. The molecular weight excluding hydrogens is 328 g/mol. The molecule has 20 heavy (non-hydrogen) atoms. The molecule has 0 spiro atoms. The van der Waals surface area contributed by atoms with Crippen LogP contribution in [0.25, 0.3) is 11.4 Å². The molecule has 3 aromatic rings. The fourth-order valence-corrected chi connectivity index (χ4v) is 2.11. The number of hydrogen-bond acceptors (Lipinski definition) is 7. The summed E-state index contributed by atoms with van der Waals surface area (Å²) in [5.74, 6) is 2.35. The highest BCUT2D eigenvalue weighted by molar-refractivity contribution is 9.10. The zero-order valence-electron chi connectivity index (χ0n) is 10.6. The molecule has 0 aromatic carbocycles. The lowest BCUT2D eigenvalue weighted by Gasteiger charge is -1.91. The van der Waals surface area contributed by atoms with Crippen molar-refractivity contribution in [1.82, 2.24) is 30.5 Å². The summed E-state index contributed by atoms with van der Waals surface area (Å²) < 4.78 is 11.0. The minimum absolute atomic E-state index is 0.509. The Kier molecular flexibility index (Phi) is 3.59. The highest BCUT2D eigenvalue weighted by Crippen LogP contribution is 2.23. The summed E-state index contributed by atoms with van der Waals surface area (Å²) in [5, 5.41) is 14.3. The van der Waals surface area contributed by atoms with Gasteiger partial charge in [0.25, 0.3) is 0 Å². The van der Waals surface area contributed by atoms with Gasteiger partial charge in [-0.15, -0.1) is 0 Å². The standard InChI is InChI=1S/C11H11BrN6O2/c1-6-14-8(19-17-6)3-2-4-9-15-11(18-20-9)7-5-13-16-10(7)12/h5H,2-4H2,1H3,(H,13,16). The average Bonchev–Trinajstić information content (AvgIpc) is 3.11. The van der Waals surface area contributed by atoms with Crippen LogP contribution in [0.3, 0.4) is 0 Å². The number of nitrogens with one attached hydrogen (secondary N) is 1. The van der Waals surface area contributed by atoms with Gasteiger partial charge in [-0.3, -0.25) is 5.10 Å². The Bertz CT molecular complexity index is 703. The molecule has 0 atom stereocenters. The number of H-pyrrole nitrogens is 1. The first-order valence-corrected chi connectivity index (χ1v) is 6.82. The topological polar surface area (TPSA) is 107 Å². The van der Waals surface area contributed by atoms with Crippen molar-refractivity contribution in [3.8, 4) is 11.4 Å². The minimum Gasteiger partial charge on any atom is -0.339 e. The predicted octanol–water partition coefficient (Wildman–Crippen LogP) is 2.09. The largest absolute Gasteiger partial charge is 0.339 e. The third-order valence-electron chi connectivity index (χ3n) is 2.65. The van der Waals surface area contributed by atoms with Gasteiger partial charge in [-0.1, -0.05) is 10.3 Å². The number of halogens is 1. The van der Waals surface area contributed by atoms with E-state index in [0.29, 0.717) is 36.3 Å². The smallest absolute Gasteiger partial charge is 0.226 e. The summed E-state index contributed by atoms with van der Waals surface area (Å²) in [5.41, 5.74) is 0.771. The molecule has 0 bridgehead atoms. The molecule has 9 heteroatoms. The molecule has 0 unspecified atom stereocenters. The molecule has 1 N–H and O–H groups in total. The molecule has 0 radical (unpaired) electrons. The van der Waals surface area contributed by atoms with Gasteiger partial charge in [0.1, 0.15) is 4.60 Å². The first-order valence-electron chi connectivity index (χ1n) is 6.03. The van der Waals surface area contributed by atoms with Crippen molar-refractivity contribution in [2.24, 2.45) is 0 Å². The van der Waals surface area contributed by atoms with Crippen LogP contribution in [-0.4, -0.2) is 30.5 Å². The number of aryl methyl sites for hydroxylation is 3. The van der Waals surface area contributed by atoms with Gasteiger partial charge >= 0.3 is 0 Å². The molecule has 3 rings (SSSR count). The zero-order chi connectivity index (χ0) is 13.9. The van der Waals surface area contributed by atoms with Crippen molar-refractivity contribution in [2.45, 2.75) is 26.2 Å². The van der Waals surface area contributed by atoms with E-state index in [2.05, 4.69) is 46.4 Å². The first kappa shape index (κ1) is 13.0. The van der Waals surface area contributed by atoms with Crippen LogP contribution in [0.2, 0.25) is 0 Å². The summed E-state index contributed by atoms with van der Waals surface area (Å²) in [6.07, 6.45) is 3.79. The molecule has 3 heterocycles. The molecule has 0 aliphatic rings. The number of hydrogen-bond donors (Lipinski definition) is 1. The summed E-state index contributed by atoms with van der Waals surface area (Å²) in [7, 11) is 0. The molecule has 0 saturated heterocycles. The van der Waals surface area contributed by atoms with Crippen LogP contribution >= 0.6 is 15.9 Å². The zero-order valence-corrected chi connectivity index (χ0v) is 12.2. The van der Waals surface area contributed by atoms with Gasteiger partial charge in [-0.2, -0.15) is 15.1 Å². The second-order valence-electron chi connectivity index (χ2n) is 4.20. The first-order chi connectivity index (χ1) is 9.72. The second-order valence-corrected chi connectivity index (χ2v) is 4.99. The minimum atomic E-state index is 0.509. The van der Waals surface area contributed by atoms with E-state index >= 15 is 0 Å². The monoisotopic (exact) mass is 338 g/mol. The summed E-state index contributed by atoms with van der Waals surface area (Å²) in [6.45, 7) is 1.79. The Balaban J connectivity index is 1.59. The normalized spacial score (nSPS) is 11.1. The Morgan fingerprint density at radius 1 is 1.15 bits per heavy atom. The van der Waals surface area contributed by atoms with E-state index in [4.69, 9.17) is 9.05 Å². The van der Waals surface area contributed by atoms with Crippen molar-refractivity contribution in [2.75, 3.05) is 0 Å². The van der Waals surface area contributed by atoms with Gasteiger partial charge in [0.15, 0.2) is 5.82 Å². The van der Waals surface area contributed by atoms with E-state index in [-0.39, 0.29) is 0 Å².